The second kappa shape index (κ2) is 6.23. The minimum atomic E-state index is -0.0724. The number of hydrogen-bond acceptors (Lipinski definition) is 5. The standard InChI is InChI=1S/C15H16N4O2/c20-9-15-6-5-14(21-15)7-17-13-3-1-12(2-4-13)8-19-11-16-10-18-19/h1-6,10-11,17,20H,7-9H2. The van der Waals surface area contributed by atoms with Crippen LogP contribution in [0, 0.1) is 0 Å². The molecule has 0 saturated carbocycles. The van der Waals surface area contributed by atoms with Gasteiger partial charge in [-0.15, -0.1) is 0 Å². The van der Waals surface area contributed by atoms with Crippen LogP contribution in [-0.2, 0) is 19.7 Å². The van der Waals surface area contributed by atoms with Crippen LogP contribution in [-0.4, -0.2) is 19.9 Å². The lowest BCUT2D eigenvalue weighted by atomic mass is 10.2. The number of furan rings is 1. The summed E-state index contributed by atoms with van der Waals surface area (Å²) in [4.78, 5) is 3.92. The Hall–Kier alpha value is -2.60. The van der Waals surface area contributed by atoms with Crippen molar-refractivity contribution in [3.8, 4) is 0 Å². The third kappa shape index (κ3) is 3.49. The quantitative estimate of drug-likeness (QED) is 0.724. The van der Waals surface area contributed by atoms with Crippen LogP contribution in [0.1, 0.15) is 17.1 Å². The van der Waals surface area contributed by atoms with Crippen LogP contribution in [0.5, 0.6) is 0 Å². The van der Waals surface area contributed by atoms with Crippen molar-refractivity contribution in [2.75, 3.05) is 5.32 Å². The molecule has 0 fully saturated rings. The summed E-state index contributed by atoms with van der Waals surface area (Å²) in [5.74, 6) is 1.38. The van der Waals surface area contributed by atoms with Crippen LogP contribution < -0.4 is 5.32 Å². The Morgan fingerprint density at radius 3 is 2.57 bits per heavy atom. The molecular weight excluding hydrogens is 268 g/mol. The number of aliphatic hydroxyl groups excluding tert-OH is 1. The van der Waals surface area contributed by atoms with Crippen molar-refractivity contribution in [2.45, 2.75) is 19.7 Å². The maximum Gasteiger partial charge on any atom is 0.137 e. The first-order valence-corrected chi connectivity index (χ1v) is 6.67. The molecule has 1 aromatic carbocycles. The molecule has 0 aliphatic carbocycles. The van der Waals surface area contributed by atoms with Crippen LogP contribution in [0.2, 0.25) is 0 Å². The van der Waals surface area contributed by atoms with Crippen LogP contribution in [0.3, 0.4) is 0 Å². The molecule has 3 rings (SSSR count). The van der Waals surface area contributed by atoms with Gasteiger partial charge >= 0.3 is 0 Å². The van der Waals surface area contributed by atoms with Gasteiger partial charge in [0.1, 0.15) is 30.8 Å². The summed E-state index contributed by atoms with van der Waals surface area (Å²) >= 11 is 0. The van der Waals surface area contributed by atoms with Gasteiger partial charge < -0.3 is 14.8 Å². The van der Waals surface area contributed by atoms with E-state index >= 15 is 0 Å². The van der Waals surface area contributed by atoms with E-state index in [9.17, 15) is 0 Å². The Kier molecular flexibility index (Phi) is 3.97. The van der Waals surface area contributed by atoms with E-state index in [1.165, 1.54) is 6.33 Å². The van der Waals surface area contributed by atoms with E-state index in [-0.39, 0.29) is 6.61 Å². The first-order valence-electron chi connectivity index (χ1n) is 6.67. The number of benzene rings is 1. The second-order valence-electron chi connectivity index (χ2n) is 4.67. The average Bonchev–Trinajstić information content (AvgIpc) is 3.18. The summed E-state index contributed by atoms with van der Waals surface area (Å²) < 4.78 is 7.20. The largest absolute Gasteiger partial charge is 0.462 e. The van der Waals surface area contributed by atoms with Crippen LogP contribution in [0.15, 0.2) is 53.5 Å². The van der Waals surface area contributed by atoms with Crippen molar-refractivity contribution in [1.29, 1.82) is 0 Å². The molecule has 0 radical (unpaired) electrons. The molecule has 3 aromatic rings. The number of hydrogen-bond donors (Lipinski definition) is 2. The van der Waals surface area contributed by atoms with Crippen molar-refractivity contribution in [2.24, 2.45) is 0 Å². The molecule has 0 amide bonds. The summed E-state index contributed by atoms with van der Waals surface area (Å²) in [6, 6.07) is 11.8. The molecule has 108 valence electrons. The molecule has 21 heavy (non-hydrogen) atoms. The van der Waals surface area contributed by atoms with Crippen LogP contribution in [0.25, 0.3) is 0 Å². The fraction of sp³-hybridized carbons (Fsp3) is 0.200. The number of aliphatic hydroxyl groups is 1. The number of nitrogens with one attached hydrogen (secondary N) is 1. The van der Waals surface area contributed by atoms with Crippen LogP contribution in [0.4, 0.5) is 5.69 Å². The van der Waals surface area contributed by atoms with Crippen LogP contribution >= 0.6 is 0 Å². The van der Waals surface area contributed by atoms with Gasteiger partial charge in [-0.05, 0) is 29.8 Å². The third-order valence-corrected chi connectivity index (χ3v) is 3.10. The van der Waals surface area contributed by atoms with Gasteiger partial charge in [-0.25, -0.2) is 9.67 Å². The summed E-state index contributed by atoms with van der Waals surface area (Å²) in [7, 11) is 0. The lowest BCUT2D eigenvalue weighted by Crippen LogP contribution is -2.01. The van der Waals surface area contributed by atoms with E-state index in [0.717, 1.165) is 17.0 Å². The van der Waals surface area contributed by atoms with E-state index in [1.807, 2.05) is 30.3 Å². The maximum atomic E-state index is 8.95. The molecule has 0 spiro atoms. The minimum Gasteiger partial charge on any atom is -0.462 e. The van der Waals surface area contributed by atoms with E-state index in [2.05, 4.69) is 15.4 Å². The van der Waals surface area contributed by atoms with Gasteiger partial charge in [0, 0.05) is 5.69 Å². The fourth-order valence-electron chi connectivity index (χ4n) is 2.02. The number of rotatable bonds is 6. The highest BCUT2D eigenvalue weighted by Crippen LogP contribution is 2.13. The molecule has 2 aromatic heterocycles. The van der Waals surface area contributed by atoms with E-state index in [0.29, 0.717) is 18.8 Å². The first-order chi connectivity index (χ1) is 10.3. The van der Waals surface area contributed by atoms with Crippen molar-refractivity contribution >= 4 is 5.69 Å². The topological polar surface area (TPSA) is 76.1 Å². The summed E-state index contributed by atoms with van der Waals surface area (Å²) in [6.07, 6.45) is 3.22. The lowest BCUT2D eigenvalue weighted by Gasteiger charge is -2.06. The lowest BCUT2D eigenvalue weighted by molar-refractivity contribution is 0.244. The molecule has 6 nitrogen and oxygen atoms in total. The highest BCUT2D eigenvalue weighted by Gasteiger charge is 2.01. The predicted octanol–water partition coefficient (Wildman–Crippen LogP) is 2.02. The molecule has 0 aliphatic rings. The van der Waals surface area contributed by atoms with E-state index < -0.39 is 0 Å². The molecule has 6 heteroatoms. The number of anilines is 1. The predicted molar refractivity (Wildman–Crippen MR) is 77.5 cm³/mol. The highest BCUT2D eigenvalue weighted by atomic mass is 16.4. The van der Waals surface area contributed by atoms with E-state index in [1.54, 1.807) is 17.1 Å². The van der Waals surface area contributed by atoms with Gasteiger partial charge in [0.2, 0.25) is 0 Å². The molecule has 0 saturated heterocycles. The Bertz CT molecular complexity index is 674. The Balaban J connectivity index is 1.56. The Morgan fingerprint density at radius 1 is 1.10 bits per heavy atom. The average molecular weight is 284 g/mol. The fourth-order valence-corrected chi connectivity index (χ4v) is 2.02. The normalized spacial score (nSPS) is 10.7. The molecule has 0 unspecified atom stereocenters. The maximum absolute atomic E-state index is 8.95. The molecular formula is C15H16N4O2. The molecule has 2 heterocycles. The minimum absolute atomic E-state index is 0.0724. The second-order valence-corrected chi connectivity index (χ2v) is 4.67. The van der Waals surface area contributed by atoms with E-state index in [4.69, 9.17) is 9.52 Å². The molecule has 0 atom stereocenters. The Morgan fingerprint density at radius 2 is 1.90 bits per heavy atom. The summed E-state index contributed by atoms with van der Waals surface area (Å²) in [5, 5.41) is 16.3. The van der Waals surface area contributed by atoms with Crippen molar-refractivity contribution in [3.05, 3.63) is 66.1 Å². The number of nitrogens with zero attached hydrogens (tertiary/aromatic N) is 3. The van der Waals surface area contributed by atoms with Crippen molar-refractivity contribution in [3.63, 3.8) is 0 Å². The van der Waals surface area contributed by atoms with Gasteiger partial charge in [0.15, 0.2) is 0 Å². The molecule has 2 N–H and O–H groups in total. The molecule has 0 aliphatic heterocycles. The number of aromatic nitrogens is 3. The smallest absolute Gasteiger partial charge is 0.137 e. The monoisotopic (exact) mass is 284 g/mol. The van der Waals surface area contributed by atoms with Gasteiger partial charge in [-0.2, -0.15) is 5.10 Å². The van der Waals surface area contributed by atoms with Gasteiger partial charge in [-0.1, -0.05) is 12.1 Å². The zero-order chi connectivity index (χ0) is 14.5. The van der Waals surface area contributed by atoms with Gasteiger partial charge in [-0.3, -0.25) is 0 Å². The SMILES string of the molecule is OCc1ccc(CNc2ccc(Cn3cncn3)cc2)o1. The Labute approximate surface area is 122 Å². The zero-order valence-corrected chi connectivity index (χ0v) is 11.4. The summed E-state index contributed by atoms with van der Waals surface area (Å²) in [5.41, 5.74) is 2.17. The van der Waals surface area contributed by atoms with Crippen molar-refractivity contribution < 1.29 is 9.52 Å². The first kappa shape index (κ1) is 13.4. The highest BCUT2D eigenvalue weighted by molar-refractivity contribution is 5.44. The van der Waals surface area contributed by atoms with Gasteiger partial charge in [0.05, 0.1) is 13.1 Å². The van der Waals surface area contributed by atoms with Gasteiger partial charge in [0.25, 0.3) is 0 Å². The zero-order valence-electron chi connectivity index (χ0n) is 11.4. The van der Waals surface area contributed by atoms with Crippen molar-refractivity contribution in [1.82, 2.24) is 14.8 Å². The molecule has 0 bridgehead atoms. The summed E-state index contributed by atoms with van der Waals surface area (Å²) in [6.45, 7) is 1.22. The third-order valence-electron chi connectivity index (χ3n) is 3.10.